The van der Waals surface area contributed by atoms with Crippen molar-refractivity contribution in [2.24, 2.45) is 5.92 Å². The predicted molar refractivity (Wildman–Crippen MR) is 66.2 cm³/mol. The van der Waals surface area contributed by atoms with Gasteiger partial charge in [0.15, 0.2) is 0 Å². The van der Waals surface area contributed by atoms with E-state index in [0.29, 0.717) is 5.92 Å². The van der Waals surface area contributed by atoms with E-state index in [2.05, 4.69) is 5.32 Å². The molecule has 1 fully saturated rings. The van der Waals surface area contributed by atoms with Crippen LogP contribution >= 0.6 is 0 Å². The van der Waals surface area contributed by atoms with Gasteiger partial charge in [0.05, 0.1) is 6.10 Å². The molecule has 0 radical (unpaired) electrons. The van der Waals surface area contributed by atoms with Gasteiger partial charge in [-0.25, -0.2) is 0 Å². The molecule has 2 atom stereocenters. The third-order valence-corrected chi connectivity index (χ3v) is 3.39. The molecular formula is C14H21NO. The molecule has 1 aromatic rings. The van der Waals surface area contributed by atoms with Crippen molar-refractivity contribution >= 4 is 0 Å². The summed E-state index contributed by atoms with van der Waals surface area (Å²) >= 11 is 0. The Labute approximate surface area is 97.7 Å². The highest BCUT2D eigenvalue weighted by atomic mass is 16.3. The van der Waals surface area contributed by atoms with Crippen molar-refractivity contribution < 1.29 is 5.11 Å². The minimum absolute atomic E-state index is 0.300. The summed E-state index contributed by atoms with van der Waals surface area (Å²) in [4.78, 5) is 0. The minimum atomic E-state index is -0.300. The van der Waals surface area contributed by atoms with E-state index >= 15 is 0 Å². The van der Waals surface area contributed by atoms with E-state index in [4.69, 9.17) is 0 Å². The highest BCUT2D eigenvalue weighted by molar-refractivity contribution is 5.17. The van der Waals surface area contributed by atoms with Crippen molar-refractivity contribution in [3.05, 3.63) is 35.9 Å². The highest BCUT2D eigenvalue weighted by Gasteiger charge is 2.17. The Morgan fingerprint density at radius 1 is 1.25 bits per heavy atom. The monoisotopic (exact) mass is 219 g/mol. The Morgan fingerprint density at radius 2 is 2.06 bits per heavy atom. The average molecular weight is 219 g/mol. The summed E-state index contributed by atoms with van der Waals surface area (Å²) in [5.41, 5.74) is 1.05. The number of hydrogen-bond acceptors (Lipinski definition) is 2. The van der Waals surface area contributed by atoms with Gasteiger partial charge < -0.3 is 10.4 Å². The van der Waals surface area contributed by atoms with E-state index in [1.807, 2.05) is 30.3 Å². The number of aliphatic hydroxyl groups is 1. The summed E-state index contributed by atoms with van der Waals surface area (Å²) < 4.78 is 0. The van der Waals surface area contributed by atoms with Gasteiger partial charge in [-0.2, -0.15) is 0 Å². The van der Waals surface area contributed by atoms with Crippen molar-refractivity contribution in [3.63, 3.8) is 0 Å². The standard InChI is InChI=1S/C14H21NO/c16-14(13-7-2-1-3-8-13)10-12-6-4-5-9-15-11-12/h1-3,7-8,12,14-16H,4-6,9-11H2. The smallest absolute Gasteiger partial charge is 0.0793 e. The van der Waals surface area contributed by atoms with Crippen LogP contribution < -0.4 is 5.32 Å². The molecule has 1 aromatic carbocycles. The first-order valence-corrected chi connectivity index (χ1v) is 6.30. The zero-order valence-corrected chi connectivity index (χ0v) is 9.73. The molecule has 1 aliphatic heterocycles. The fraction of sp³-hybridized carbons (Fsp3) is 0.571. The van der Waals surface area contributed by atoms with Crippen molar-refractivity contribution in [2.45, 2.75) is 31.8 Å². The first kappa shape index (κ1) is 11.6. The lowest BCUT2D eigenvalue weighted by Crippen LogP contribution is -2.22. The number of aliphatic hydroxyl groups excluding tert-OH is 1. The van der Waals surface area contributed by atoms with Crippen LogP contribution in [0.5, 0.6) is 0 Å². The molecule has 2 unspecified atom stereocenters. The number of nitrogens with one attached hydrogen (secondary N) is 1. The Hall–Kier alpha value is -0.860. The summed E-state index contributed by atoms with van der Waals surface area (Å²) in [5, 5.41) is 13.6. The Bertz CT molecular complexity index is 291. The van der Waals surface area contributed by atoms with Gasteiger partial charge in [-0.1, -0.05) is 36.8 Å². The normalized spacial score (nSPS) is 23.7. The largest absolute Gasteiger partial charge is 0.388 e. The molecule has 1 heterocycles. The van der Waals surface area contributed by atoms with Crippen LogP contribution in [0, 0.1) is 5.92 Å². The Kier molecular flexibility index (Phi) is 4.37. The minimum Gasteiger partial charge on any atom is -0.388 e. The molecule has 0 bridgehead atoms. The van der Waals surface area contributed by atoms with Crippen LogP contribution in [0.2, 0.25) is 0 Å². The highest BCUT2D eigenvalue weighted by Crippen LogP contribution is 2.24. The van der Waals surface area contributed by atoms with Gasteiger partial charge in [0.1, 0.15) is 0 Å². The van der Waals surface area contributed by atoms with Crippen molar-refractivity contribution in [1.29, 1.82) is 0 Å². The van der Waals surface area contributed by atoms with E-state index in [9.17, 15) is 5.11 Å². The lowest BCUT2D eigenvalue weighted by molar-refractivity contribution is 0.142. The molecule has 2 nitrogen and oxygen atoms in total. The molecule has 2 rings (SSSR count). The maximum Gasteiger partial charge on any atom is 0.0793 e. The SMILES string of the molecule is OC(CC1CCCCNC1)c1ccccc1. The molecule has 0 spiro atoms. The maximum atomic E-state index is 10.1. The van der Waals surface area contributed by atoms with Crippen molar-refractivity contribution in [1.82, 2.24) is 5.32 Å². The lowest BCUT2D eigenvalue weighted by Gasteiger charge is -2.18. The number of hydrogen-bond donors (Lipinski definition) is 2. The van der Waals surface area contributed by atoms with Crippen LogP contribution in [0.15, 0.2) is 30.3 Å². The fourth-order valence-corrected chi connectivity index (χ4v) is 2.42. The van der Waals surface area contributed by atoms with Crippen LogP contribution in [0.25, 0.3) is 0 Å². The second kappa shape index (κ2) is 6.02. The quantitative estimate of drug-likeness (QED) is 0.818. The Morgan fingerprint density at radius 3 is 2.88 bits per heavy atom. The molecule has 88 valence electrons. The number of benzene rings is 1. The summed E-state index contributed by atoms with van der Waals surface area (Å²) in [5.74, 6) is 0.623. The predicted octanol–water partition coefficient (Wildman–Crippen LogP) is 2.50. The van der Waals surface area contributed by atoms with Crippen molar-refractivity contribution in [2.75, 3.05) is 13.1 Å². The molecule has 16 heavy (non-hydrogen) atoms. The van der Waals surface area contributed by atoms with Crippen LogP contribution in [-0.4, -0.2) is 18.2 Å². The second-order valence-electron chi connectivity index (χ2n) is 4.73. The van der Waals surface area contributed by atoms with Crippen molar-refractivity contribution in [3.8, 4) is 0 Å². The summed E-state index contributed by atoms with van der Waals surface area (Å²) in [7, 11) is 0. The lowest BCUT2D eigenvalue weighted by atomic mass is 9.93. The van der Waals surface area contributed by atoms with E-state index in [-0.39, 0.29) is 6.10 Å². The van der Waals surface area contributed by atoms with Gasteiger partial charge in [0, 0.05) is 0 Å². The van der Waals surface area contributed by atoms with E-state index in [1.54, 1.807) is 0 Å². The fourth-order valence-electron chi connectivity index (χ4n) is 2.42. The van der Waals surface area contributed by atoms with Gasteiger partial charge in [0.25, 0.3) is 0 Å². The van der Waals surface area contributed by atoms with E-state index in [0.717, 1.165) is 25.1 Å². The molecule has 1 saturated heterocycles. The third-order valence-electron chi connectivity index (χ3n) is 3.39. The van der Waals surface area contributed by atoms with Crippen LogP contribution in [-0.2, 0) is 0 Å². The molecule has 0 saturated carbocycles. The molecule has 0 aliphatic carbocycles. The zero-order valence-electron chi connectivity index (χ0n) is 9.73. The molecular weight excluding hydrogens is 198 g/mol. The molecule has 0 aromatic heterocycles. The number of rotatable bonds is 3. The summed E-state index contributed by atoms with van der Waals surface area (Å²) in [6, 6.07) is 9.99. The third kappa shape index (κ3) is 3.32. The molecule has 0 amide bonds. The Balaban J connectivity index is 1.88. The van der Waals surface area contributed by atoms with Crippen LogP contribution in [0.3, 0.4) is 0 Å². The van der Waals surface area contributed by atoms with Gasteiger partial charge in [-0.05, 0) is 43.8 Å². The van der Waals surface area contributed by atoms with Gasteiger partial charge in [-0.15, -0.1) is 0 Å². The van der Waals surface area contributed by atoms with Crippen LogP contribution in [0.1, 0.15) is 37.4 Å². The van der Waals surface area contributed by atoms with Gasteiger partial charge in [0.2, 0.25) is 0 Å². The first-order chi connectivity index (χ1) is 7.86. The van der Waals surface area contributed by atoms with E-state index < -0.39 is 0 Å². The van der Waals surface area contributed by atoms with Gasteiger partial charge in [-0.3, -0.25) is 0 Å². The second-order valence-corrected chi connectivity index (χ2v) is 4.73. The van der Waals surface area contributed by atoms with E-state index in [1.165, 1.54) is 19.3 Å². The maximum absolute atomic E-state index is 10.1. The zero-order chi connectivity index (χ0) is 11.2. The van der Waals surface area contributed by atoms with Gasteiger partial charge >= 0.3 is 0 Å². The summed E-state index contributed by atoms with van der Waals surface area (Å²) in [6.45, 7) is 2.20. The first-order valence-electron chi connectivity index (χ1n) is 6.30. The van der Waals surface area contributed by atoms with Crippen LogP contribution in [0.4, 0.5) is 0 Å². The molecule has 2 N–H and O–H groups in total. The molecule has 2 heteroatoms. The molecule has 1 aliphatic rings. The topological polar surface area (TPSA) is 32.3 Å². The summed E-state index contributed by atoms with van der Waals surface area (Å²) in [6.07, 6.45) is 4.40. The average Bonchev–Trinajstić information content (AvgIpc) is 2.59.